The lowest BCUT2D eigenvalue weighted by Gasteiger charge is -2.29. The van der Waals surface area contributed by atoms with Gasteiger partial charge in [0, 0.05) is 24.8 Å². The van der Waals surface area contributed by atoms with E-state index in [1.165, 1.54) is 0 Å². The molecule has 6 nitrogen and oxygen atoms in total. The van der Waals surface area contributed by atoms with Crippen molar-refractivity contribution in [2.45, 2.75) is 26.2 Å². The third-order valence-electron chi connectivity index (χ3n) is 3.22. The second kappa shape index (κ2) is 4.83. The maximum absolute atomic E-state index is 12.8. The predicted octanol–water partition coefficient (Wildman–Crippen LogP) is 2.07. The normalized spacial score (nSPS) is 15.2. The molecule has 0 spiro atoms. The molecule has 0 saturated carbocycles. The number of fused-ring (bicyclic) bond motifs is 1. The molecule has 0 saturated heterocycles. The van der Waals surface area contributed by atoms with Crippen LogP contribution >= 0.6 is 11.6 Å². The van der Waals surface area contributed by atoms with E-state index < -0.39 is 12.0 Å². The first-order valence-electron chi connectivity index (χ1n) is 6.09. The Morgan fingerprint density at radius 3 is 2.71 bits per heavy atom. The van der Waals surface area contributed by atoms with Gasteiger partial charge in [0.15, 0.2) is 5.82 Å². The monoisotopic (exact) mass is 318 g/mol. The molecular formula is C11H10ClF3N6. The summed E-state index contributed by atoms with van der Waals surface area (Å²) in [7, 11) is 0. The van der Waals surface area contributed by atoms with Crippen molar-refractivity contribution in [3.05, 3.63) is 28.7 Å². The van der Waals surface area contributed by atoms with Crippen LogP contribution in [0, 0.1) is 6.92 Å². The largest absolute Gasteiger partial charge is 0.451 e. The molecule has 1 aliphatic heterocycles. The summed E-state index contributed by atoms with van der Waals surface area (Å²) in [6.07, 6.45) is -2.92. The molecule has 0 N–H and O–H groups in total. The van der Waals surface area contributed by atoms with Gasteiger partial charge in [-0.15, -0.1) is 10.2 Å². The summed E-state index contributed by atoms with van der Waals surface area (Å²) in [4.78, 5) is 9.80. The molecule has 21 heavy (non-hydrogen) atoms. The Morgan fingerprint density at radius 2 is 2.00 bits per heavy atom. The molecular weight excluding hydrogens is 309 g/mol. The zero-order valence-corrected chi connectivity index (χ0v) is 11.6. The first-order chi connectivity index (χ1) is 9.86. The van der Waals surface area contributed by atoms with Crippen molar-refractivity contribution in [3.63, 3.8) is 0 Å². The molecule has 0 radical (unpaired) electrons. The minimum Gasteiger partial charge on any atom is -0.347 e. The van der Waals surface area contributed by atoms with E-state index in [-0.39, 0.29) is 24.2 Å². The molecule has 10 heteroatoms. The second-order valence-corrected chi connectivity index (χ2v) is 4.99. The van der Waals surface area contributed by atoms with Gasteiger partial charge in [-0.3, -0.25) is 0 Å². The van der Waals surface area contributed by atoms with Gasteiger partial charge in [0.05, 0.1) is 6.54 Å². The van der Waals surface area contributed by atoms with E-state index in [1.807, 2.05) is 11.8 Å². The lowest BCUT2D eigenvalue weighted by Crippen LogP contribution is -2.36. The van der Waals surface area contributed by atoms with Crippen LogP contribution in [0.3, 0.4) is 0 Å². The summed E-state index contributed by atoms with van der Waals surface area (Å²) in [5, 5.41) is 6.96. The predicted molar refractivity (Wildman–Crippen MR) is 67.9 cm³/mol. The average molecular weight is 319 g/mol. The van der Waals surface area contributed by atoms with E-state index in [0.29, 0.717) is 12.4 Å². The Hall–Kier alpha value is -1.90. The highest BCUT2D eigenvalue weighted by Gasteiger charge is 2.39. The van der Waals surface area contributed by atoms with E-state index >= 15 is 0 Å². The van der Waals surface area contributed by atoms with E-state index in [4.69, 9.17) is 11.6 Å². The minimum absolute atomic E-state index is 0.0959. The minimum atomic E-state index is -4.50. The fraction of sp³-hybridized carbons (Fsp3) is 0.455. The topological polar surface area (TPSA) is 59.7 Å². The Balaban J connectivity index is 1.92. The van der Waals surface area contributed by atoms with Crippen LogP contribution in [-0.4, -0.2) is 31.3 Å². The van der Waals surface area contributed by atoms with E-state index in [1.54, 1.807) is 6.20 Å². The Bertz CT molecular complexity index is 683. The van der Waals surface area contributed by atoms with Gasteiger partial charge < -0.3 is 9.47 Å². The van der Waals surface area contributed by atoms with Crippen LogP contribution in [0.15, 0.2) is 6.20 Å². The van der Waals surface area contributed by atoms with Crippen molar-refractivity contribution in [3.8, 4) is 0 Å². The van der Waals surface area contributed by atoms with Crippen LogP contribution in [0.4, 0.5) is 19.0 Å². The highest BCUT2D eigenvalue weighted by molar-refractivity contribution is 6.28. The molecule has 0 aliphatic carbocycles. The number of halogens is 4. The van der Waals surface area contributed by atoms with Crippen LogP contribution in [-0.2, 0) is 19.3 Å². The molecule has 2 aromatic heterocycles. The molecule has 0 bridgehead atoms. The van der Waals surface area contributed by atoms with Crippen LogP contribution in [0.5, 0.6) is 0 Å². The number of hydrogen-bond donors (Lipinski definition) is 0. The average Bonchev–Trinajstić information content (AvgIpc) is 2.84. The number of alkyl halides is 3. The zero-order valence-electron chi connectivity index (χ0n) is 10.9. The van der Waals surface area contributed by atoms with E-state index in [0.717, 1.165) is 10.1 Å². The van der Waals surface area contributed by atoms with Crippen LogP contribution < -0.4 is 4.90 Å². The summed E-state index contributed by atoms with van der Waals surface area (Å²) in [6, 6.07) is 0. The summed E-state index contributed by atoms with van der Waals surface area (Å²) >= 11 is 5.77. The smallest absolute Gasteiger partial charge is 0.347 e. The number of nitrogens with zero attached hydrogens (tertiary/aromatic N) is 6. The molecule has 0 amide bonds. The first kappa shape index (κ1) is 14.1. The van der Waals surface area contributed by atoms with E-state index in [9.17, 15) is 13.2 Å². The molecule has 0 fully saturated rings. The summed E-state index contributed by atoms with van der Waals surface area (Å²) < 4.78 is 39.4. The third-order valence-corrected chi connectivity index (χ3v) is 3.40. The van der Waals surface area contributed by atoms with Gasteiger partial charge in [0.1, 0.15) is 5.82 Å². The van der Waals surface area contributed by atoms with Crippen molar-refractivity contribution in [2.75, 3.05) is 11.4 Å². The Morgan fingerprint density at radius 1 is 1.24 bits per heavy atom. The van der Waals surface area contributed by atoms with Crippen LogP contribution in [0.25, 0.3) is 0 Å². The first-order valence-corrected chi connectivity index (χ1v) is 6.47. The van der Waals surface area contributed by atoms with Crippen molar-refractivity contribution >= 4 is 17.4 Å². The molecule has 112 valence electrons. The number of anilines is 1. The molecule has 0 unspecified atom stereocenters. The number of aromatic nitrogens is 5. The van der Waals surface area contributed by atoms with Crippen molar-refractivity contribution in [1.82, 2.24) is 24.7 Å². The number of hydrogen-bond acceptors (Lipinski definition) is 5. The molecule has 0 atom stereocenters. The van der Waals surface area contributed by atoms with Crippen LogP contribution in [0.2, 0.25) is 5.28 Å². The van der Waals surface area contributed by atoms with Gasteiger partial charge in [0.2, 0.25) is 11.1 Å². The Kier molecular flexibility index (Phi) is 3.23. The fourth-order valence-electron chi connectivity index (χ4n) is 2.28. The van der Waals surface area contributed by atoms with Gasteiger partial charge in [0.25, 0.3) is 0 Å². The lowest BCUT2D eigenvalue weighted by atomic mass is 10.2. The Labute approximate surface area is 122 Å². The van der Waals surface area contributed by atoms with E-state index in [2.05, 4.69) is 20.2 Å². The summed E-state index contributed by atoms with van der Waals surface area (Å²) in [5.74, 6) is -0.116. The molecule has 2 aromatic rings. The third kappa shape index (κ3) is 2.53. The van der Waals surface area contributed by atoms with Gasteiger partial charge in [-0.1, -0.05) is 0 Å². The van der Waals surface area contributed by atoms with Gasteiger partial charge in [-0.2, -0.15) is 13.2 Å². The molecule has 1 aliphatic rings. The molecule has 0 aromatic carbocycles. The second-order valence-electron chi connectivity index (χ2n) is 4.66. The SMILES string of the molecule is Cc1cnc(Cl)nc1N1CCn2c(nnc2C(F)(F)F)C1. The molecule has 3 rings (SSSR count). The lowest BCUT2D eigenvalue weighted by molar-refractivity contribution is -0.147. The maximum Gasteiger partial charge on any atom is 0.451 e. The standard InChI is InChI=1S/C11H10ClF3N6/c1-6-4-16-10(12)17-8(6)20-2-3-21-7(5-20)18-19-9(21)11(13,14)15/h4H,2-3,5H2,1H3. The number of rotatable bonds is 1. The van der Waals surface area contributed by atoms with Gasteiger partial charge >= 0.3 is 6.18 Å². The zero-order chi connectivity index (χ0) is 15.2. The maximum atomic E-state index is 12.8. The highest BCUT2D eigenvalue weighted by atomic mass is 35.5. The van der Waals surface area contributed by atoms with Gasteiger partial charge in [-0.25, -0.2) is 9.97 Å². The summed E-state index contributed by atoms with van der Waals surface area (Å²) in [6.45, 7) is 2.50. The van der Waals surface area contributed by atoms with Gasteiger partial charge in [-0.05, 0) is 18.5 Å². The van der Waals surface area contributed by atoms with Crippen molar-refractivity contribution in [1.29, 1.82) is 0 Å². The van der Waals surface area contributed by atoms with Crippen LogP contribution in [0.1, 0.15) is 17.2 Å². The highest BCUT2D eigenvalue weighted by Crippen LogP contribution is 2.30. The summed E-state index contributed by atoms with van der Waals surface area (Å²) in [5.41, 5.74) is 0.795. The fourth-order valence-corrected chi connectivity index (χ4v) is 2.41. The molecule has 3 heterocycles. The van der Waals surface area contributed by atoms with Crippen molar-refractivity contribution in [2.24, 2.45) is 0 Å². The number of aryl methyl sites for hydroxylation is 1. The van der Waals surface area contributed by atoms with Crippen molar-refractivity contribution < 1.29 is 13.2 Å². The quantitative estimate of drug-likeness (QED) is 0.753.